The lowest BCUT2D eigenvalue weighted by Crippen LogP contribution is -2.44. The van der Waals surface area contributed by atoms with E-state index in [1.807, 2.05) is 37.3 Å². The molecule has 1 unspecified atom stereocenters. The molecule has 1 amide bonds. The summed E-state index contributed by atoms with van der Waals surface area (Å²) in [6.07, 6.45) is 1.68. The molecule has 1 atom stereocenters. The first-order valence-electron chi connectivity index (χ1n) is 9.05. The van der Waals surface area contributed by atoms with E-state index in [1.54, 1.807) is 7.11 Å². The number of carbonyl (C=O) groups excluding carboxylic acids is 1. The summed E-state index contributed by atoms with van der Waals surface area (Å²) in [6.45, 7) is 4.80. The van der Waals surface area contributed by atoms with E-state index in [0.717, 1.165) is 31.5 Å². The first kappa shape index (κ1) is 18.5. The van der Waals surface area contributed by atoms with E-state index in [-0.39, 0.29) is 17.9 Å². The van der Waals surface area contributed by atoms with Gasteiger partial charge in [0.15, 0.2) is 0 Å². The van der Waals surface area contributed by atoms with E-state index in [1.165, 1.54) is 0 Å². The standard InChI is InChI=1S/C19H26N4O3/c1-14(13-25-2)20-19(24)16-8-10-23(11-9-16)12-17-21-18(22-26-17)15-6-4-3-5-7-15/h3-7,14,16H,8-13H2,1-2H3,(H,20,24). The molecule has 0 radical (unpaired) electrons. The summed E-state index contributed by atoms with van der Waals surface area (Å²) in [5.41, 5.74) is 0.947. The zero-order chi connectivity index (χ0) is 18.4. The number of nitrogens with one attached hydrogen (secondary N) is 1. The number of ether oxygens (including phenoxy) is 1. The average molecular weight is 358 g/mol. The van der Waals surface area contributed by atoms with Gasteiger partial charge in [0, 0.05) is 24.6 Å². The zero-order valence-electron chi connectivity index (χ0n) is 15.4. The number of hydrogen-bond donors (Lipinski definition) is 1. The fourth-order valence-electron chi connectivity index (χ4n) is 3.22. The van der Waals surface area contributed by atoms with Crippen LogP contribution < -0.4 is 5.32 Å². The normalized spacial score (nSPS) is 17.2. The minimum Gasteiger partial charge on any atom is -0.383 e. The number of carbonyl (C=O) groups is 1. The second-order valence-electron chi connectivity index (χ2n) is 6.79. The fourth-order valence-corrected chi connectivity index (χ4v) is 3.22. The Hall–Kier alpha value is -2.25. The SMILES string of the molecule is COCC(C)NC(=O)C1CCN(Cc2nc(-c3ccccc3)no2)CC1. The molecule has 1 aromatic heterocycles. The summed E-state index contributed by atoms with van der Waals surface area (Å²) in [5.74, 6) is 1.41. The molecule has 1 fully saturated rings. The first-order valence-corrected chi connectivity index (χ1v) is 9.05. The molecular weight excluding hydrogens is 332 g/mol. The summed E-state index contributed by atoms with van der Waals surface area (Å²) < 4.78 is 10.4. The maximum absolute atomic E-state index is 12.3. The van der Waals surface area contributed by atoms with E-state index in [4.69, 9.17) is 9.26 Å². The van der Waals surface area contributed by atoms with Crippen LogP contribution in [0.1, 0.15) is 25.7 Å². The van der Waals surface area contributed by atoms with E-state index < -0.39 is 0 Å². The summed E-state index contributed by atoms with van der Waals surface area (Å²) in [5, 5.41) is 7.07. The van der Waals surface area contributed by atoms with E-state index >= 15 is 0 Å². The molecule has 1 N–H and O–H groups in total. The molecule has 1 aromatic carbocycles. The molecular formula is C19H26N4O3. The van der Waals surface area contributed by atoms with Crippen LogP contribution in [-0.2, 0) is 16.1 Å². The average Bonchev–Trinajstić information content (AvgIpc) is 3.12. The van der Waals surface area contributed by atoms with Crippen molar-refractivity contribution in [3.63, 3.8) is 0 Å². The molecule has 1 aliphatic rings. The topological polar surface area (TPSA) is 80.5 Å². The van der Waals surface area contributed by atoms with E-state index in [2.05, 4.69) is 20.4 Å². The van der Waals surface area contributed by atoms with Gasteiger partial charge in [-0.1, -0.05) is 35.5 Å². The number of piperidine rings is 1. The third-order valence-corrected chi connectivity index (χ3v) is 4.62. The van der Waals surface area contributed by atoms with Crippen LogP contribution >= 0.6 is 0 Å². The number of benzene rings is 1. The van der Waals surface area contributed by atoms with Gasteiger partial charge in [0.25, 0.3) is 0 Å². The Kier molecular flexibility index (Phi) is 6.35. The van der Waals surface area contributed by atoms with Gasteiger partial charge in [-0.3, -0.25) is 9.69 Å². The monoisotopic (exact) mass is 358 g/mol. The summed E-state index contributed by atoms with van der Waals surface area (Å²) in [6, 6.07) is 9.83. The lowest BCUT2D eigenvalue weighted by atomic mass is 9.95. The third kappa shape index (κ3) is 4.89. The Morgan fingerprint density at radius 3 is 2.77 bits per heavy atom. The highest BCUT2D eigenvalue weighted by molar-refractivity contribution is 5.79. The van der Waals surface area contributed by atoms with Crippen molar-refractivity contribution in [2.45, 2.75) is 32.4 Å². The van der Waals surface area contributed by atoms with Gasteiger partial charge in [-0.15, -0.1) is 0 Å². The molecule has 3 rings (SSSR count). The Bertz CT molecular complexity index is 696. The quantitative estimate of drug-likeness (QED) is 0.816. The van der Waals surface area contributed by atoms with Crippen molar-refractivity contribution in [2.24, 2.45) is 5.92 Å². The Balaban J connectivity index is 1.47. The lowest BCUT2D eigenvalue weighted by Gasteiger charge is -2.30. The van der Waals surface area contributed by atoms with Crippen LogP contribution in [0.3, 0.4) is 0 Å². The number of methoxy groups -OCH3 is 1. The van der Waals surface area contributed by atoms with Gasteiger partial charge in [-0.25, -0.2) is 0 Å². The molecule has 1 aliphatic heterocycles. The predicted octanol–water partition coefficient (Wildman–Crippen LogP) is 2.10. The van der Waals surface area contributed by atoms with Gasteiger partial charge in [-0.2, -0.15) is 4.98 Å². The van der Waals surface area contributed by atoms with Crippen LogP contribution in [-0.4, -0.2) is 53.8 Å². The second kappa shape index (κ2) is 8.91. The number of rotatable bonds is 7. The second-order valence-corrected chi connectivity index (χ2v) is 6.79. The first-order chi connectivity index (χ1) is 12.7. The van der Waals surface area contributed by atoms with E-state index in [9.17, 15) is 4.79 Å². The lowest BCUT2D eigenvalue weighted by molar-refractivity contribution is -0.127. The molecule has 26 heavy (non-hydrogen) atoms. The van der Waals surface area contributed by atoms with Crippen LogP contribution in [0.25, 0.3) is 11.4 Å². The van der Waals surface area contributed by atoms with Gasteiger partial charge in [0.2, 0.25) is 17.6 Å². The van der Waals surface area contributed by atoms with Crippen LogP contribution in [0.5, 0.6) is 0 Å². The van der Waals surface area contributed by atoms with Crippen molar-refractivity contribution in [2.75, 3.05) is 26.8 Å². The number of likely N-dealkylation sites (tertiary alicyclic amines) is 1. The molecule has 0 aliphatic carbocycles. The number of nitrogens with zero attached hydrogens (tertiary/aromatic N) is 3. The van der Waals surface area contributed by atoms with Crippen molar-refractivity contribution in [1.82, 2.24) is 20.4 Å². The molecule has 7 nitrogen and oxygen atoms in total. The van der Waals surface area contributed by atoms with Gasteiger partial charge >= 0.3 is 0 Å². The Morgan fingerprint density at radius 1 is 1.35 bits per heavy atom. The molecule has 0 spiro atoms. The molecule has 2 heterocycles. The highest BCUT2D eigenvalue weighted by atomic mass is 16.5. The molecule has 0 saturated carbocycles. The largest absolute Gasteiger partial charge is 0.383 e. The minimum atomic E-state index is 0.0420. The number of hydrogen-bond acceptors (Lipinski definition) is 6. The molecule has 7 heteroatoms. The van der Waals surface area contributed by atoms with Crippen molar-refractivity contribution >= 4 is 5.91 Å². The third-order valence-electron chi connectivity index (χ3n) is 4.62. The van der Waals surface area contributed by atoms with Gasteiger partial charge in [0.1, 0.15) is 0 Å². The fraction of sp³-hybridized carbons (Fsp3) is 0.526. The van der Waals surface area contributed by atoms with Crippen LogP contribution in [0.4, 0.5) is 0 Å². The Morgan fingerprint density at radius 2 is 2.08 bits per heavy atom. The highest BCUT2D eigenvalue weighted by Gasteiger charge is 2.26. The highest BCUT2D eigenvalue weighted by Crippen LogP contribution is 2.20. The van der Waals surface area contributed by atoms with Crippen LogP contribution in [0.2, 0.25) is 0 Å². The van der Waals surface area contributed by atoms with Gasteiger partial charge in [0.05, 0.1) is 13.2 Å². The van der Waals surface area contributed by atoms with Crippen molar-refractivity contribution in [3.05, 3.63) is 36.2 Å². The maximum atomic E-state index is 12.3. The predicted molar refractivity (Wildman–Crippen MR) is 97.2 cm³/mol. The molecule has 2 aromatic rings. The van der Waals surface area contributed by atoms with Crippen molar-refractivity contribution in [1.29, 1.82) is 0 Å². The Labute approximate surface area is 153 Å². The van der Waals surface area contributed by atoms with Gasteiger partial charge < -0.3 is 14.6 Å². The molecule has 0 bridgehead atoms. The van der Waals surface area contributed by atoms with Crippen molar-refractivity contribution in [3.8, 4) is 11.4 Å². The molecule has 140 valence electrons. The maximum Gasteiger partial charge on any atom is 0.241 e. The van der Waals surface area contributed by atoms with Crippen molar-refractivity contribution < 1.29 is 14.1 Å². The summed E-state index contributed by atoms with van der Waals surface area (Å²) in [7, 11) is 1.64. The van der Waals surface area contributed by atoms with Crippen LogP contribution in [0, 0.1) is 5.92 Å². The van der Waals surface area contributed by atoms with Gasteiger partial charge in [-0.05, 0) is 32.9 Å². The molecule has 1 saturated heterocycles. The summed E-state index contributed by atoms with van der Waals surface area (Å²) in [4.78, 5) is 19.0. The summed E-state index contributed by atoms with van der Waals surface area (Å²) >= 11 is 0. The minimum absolute atomic E-state index is 0.0420. The zero-order valence-corrected chi connectivity index (χ0v) is 15.4. The number of amides is 1. The van der Waals surface area contributed by atoms with E-state index in [0.29, 0.717) is 24.9 Å². The number of aromatic nitrogens is 2. The smallest absolute Gasteiger partial charge is 0.241 e. The van der Waals surface area contributed by atoms with Crippen LogP contribution in [0.15, 0.2) is 34.9 Å².